The Morgan fingerprint density at radius 3 is 2.89 bits per heavy atom. The van der Waals surface area contributed by atoms with Gasteiger partial charge in [0.2, 0.25) is 4.96 Å². The molecule has 27 heavy (non-hydrogen) atoms. The van der Waals surface area contributed by atoms with Crippen LogP contribution in [-0.2, 0) is 11.2 Å². The first kappa shape index (κ1) is 17.9. The summed E-state index contributed by atoms with van der Waals surface area (Å²) in [6.45, 7) is 8.02. The molecule has 0 aliphatic carbocycles. The maximum Gasteiger partial charge on any atom is 0.411 e. The van der Waals surface area contributed by atoms with E-state index < -0.39 is 5.60 Å². The number of hydrogen-bond acceptors (Lipinski definition) is 7. The lowest BCUT2D eigenvalue weighted by molar-refractivity contribution is 0.0175. The molecule has 0 saturated heterocycles. The topological polar surface area (TPSA) is 83.5 Å². The molecule has 0 saturated carbocycles. The number of amides is 1. The fraction of sp³-hybridized carbons (Fsp3) is 0.444. The molecule has 1 aliphatic rings. The minimum absolute atomic E-state index is 0.368. The molecule has 4 heterocycles. The zero-order valence-corrected chi connectivity index (χ0v) is 17.1. The number of nitrogens with zero attached hydrogens (tertiary/aromatic N) is 5. The van der Waals surface area contributed by atoms with Crippen LogP contribution in [0.2, 0.25) is 0 Å². The highest BCUT2D eigenvalue weighted by Gasteiger charge is 2.39. The Labute approximate surface area is 164 Å². The molecule has 0 N–H and O–H groups in total. The van der Waals surface area contributed by atoms with Crippen LogP contribution < -0.4 is 0 Å². The Balaban J connectivity index is 1.85. The maximum absolute atomic E-state index is 12.9. The molecule has 1 unspecified atom stereocenters. The zero-order valence-electron chi connectivity index (χ0n) is 15.5. The summed E-state index contributed by atoms with van der Waals surface area (Å²) in [7, 11) is 0. The highest BCUT2D eigenvalue weighted by molar-refractivity contribution is 7.16. The van der Waals surface area contributed by atoms with Gasteiger partial charge in [-0.15, -0.1) is 11.3 Å². The molecule has 4 rings (SSSR count). The Hall–Kier alpha value is -2.44. The zero-order chi connectivity index (χ0) is 19.3. The molecule has 0 fully saturated rings. The van der Waals surface area contributed by atoms with E-state index >= 15 is 0 Å². The van der Waals surface area contributed by atoms with Crippen LogP contribution in [-0.4, -0.2) is 37.7 Å². The highest BCUT2D eigenvalue weighted by Crippen LogP contribution is 2.39. The quantitative estimate of drug-likeness (QED) is 0.617. The highest BCUT2D eigenvalue weighted by atomic mass is 32.1. The predicted molar refractivity (Wildman–Crippen MR) is 103 cm³/mol. The number of thiophene rings is 1. The summed E-state index contributed by atoms with van der Waals surface area (Å²) >= 11 is 2.99. The lowest BCUT2D eigenvalue weighted by atomic mass is 10.0. The molecule has 1 amide bonds. The van der Waals surface area contributed by atoms with Gasteiger partial charge in [-0.05, 0) is 33.8 Å². The summed E-state index contributed by atoms with van der Waals surface area (Å²) in [6.07, 6.45) is 0.281. The largest absolute Gasteiger partial charge is 0.444 e. The molecule has 0 bridgehead atoms. The van der Waals surface area contributed by atoms with Crippen LogP contribution in [0, 0.1) is 18.3 Å². The minimum atomic E-state index is -0.584. The van der Waals surface area contributed by atoms with Crippen LogP contribution in [0.1, 0.15) is 53.6 Å². The third-order valence-electron chi connectivity index (χ3n) is 4.22. The van der Waals surface area contributed by atoms with Crippen molar-refractivity contribution in [3.05, 3.63) is 38.3 Å². The van der Waals surface area contributed by atoms with E-state index in [1.54, 1.807) is 10.3 Å². The van der Waals surface area contributed by atoms with Crippen molar-refractivity contribution in [2.24, 2.45) is 0 Å². The molecule has 1 aliphatic heterocycles. The van der Waals surface area contributed by atoms with Gasteiger partial charge in [0.1, 0.15) is 22.7 Å². The van der Waals surface area contributed by atoms with E-state index in [9.17, 15) is 10.1 Å². The predicted octanol–water partition coefficient (Wildman–Crippen LogP) is 3.92. The van der Waals surface area contributed by atoms with Crippen molar-refractivity contribution >= 4 is 33.7 Å². The van der Waals surface area contributed by atoms with Crippen molar-refractivity contribution in [2.75, 3.05) is 6.54 Å². The van der Waals surface area contributed by atoms with Crippen molar-refractivity contribution in [1.82, 2.24) is 19.5 Å². The first-order chi connectivity index (χ1) is 12.8. The molecule has 0 radical (unpaired) electrons. The molecular weight excluding hydrogens is 382 g/mol. The van der Waals surface area contributed by atoms with E-state index in [1.165, 1.54) is 22.7 Å². The first-order valence-corrected chi connectivity index (χ1v) is 10.3. The normalized spacial score (nSPS) is 17.0. The van der Waals surface area contributed by atoms with Gasteiger partial charge in [-0.25, -0.2) is 14.3 Å². The number of fused-ring (bicyclic) bond motifs is 3. The van der Waals surface area contributed by atoms with Crippen LogP contribution in [0.15, 0.2) is 11.4 Å². The molecule has 3 aromatic rings. The summed E-state index contributed by atoms with van der Waals surface area (Å²) in [5, 5.41) is 16.5. The van der Waals surface area contributed by atoms with Crippen molar-refractivity contribution < 1.29 is 9.53 Å². The monoisotopic (exact) mass is 401 g/mol. The summed E-state index contributed by atoms with van der Waals surface area (Å²) in [4.78, 5) is 21.1. The molecule has 3 aromatic heterocycles. The second-order valence-electron chi connectivity index (χ2n) is 7.44. The average Bonchev–Trinajstić information content (AvgIpc) is 3.25. The van der Waals surface area contributed by atoms with Gasteiger partial charge in [0.15, 0.2) is 0 Å². The molecule has 9 heteroatoms. The number of nitriles is 1. The Bertz CT molecular complexity index is 1070. The summed E-state index contributed by atoms with van der Waals surface area (Å²) in [6, 6.07) is 3.63. The Morgan fingerprint density at radius 2 is 2.22 bits per heavy atom. The SMILES string of the molecule is Cc1nn2c3c(nc2s1)CCN(C(=O)OC(C)(C)C)C3c1cc(C#N)cs1. The van der Waals surface area contributed by atoms with Crippen molar-refractivity contribution in [3.8, 4) is 6.07 Å². The molecule has 1 atom stereocenters. The number of aryl methyl sites for hydroxylation is 1. The average molecular weight is 402 g/mol. The van der Waals surface area contributed by atoms with Gasteiger partial charge >= 0.3 is 6.09 Å². The van der Waals surface area contributed by atoms with Crippen LogP contribution in [0.4, 0.5) is 4.79 Å². The van der Waals surface area contributed by atoms with Crippen LogP contribution in [0.5, 0.6) is 0 Å². The van der Waals surface area contributed by atoms with E-state index in [4.69, 9.17) is 9.72 Å². The minimum Gasteiger partial charge on any atom is -0.444 e. The van der Waals surface area contributed by atoms with Gasteiger partial charge in [0.25, 0.3) is 0 Å². The van der Waals surface area contributed by atoms with E-state index in [-0.39, 0.29) is 12.1 Å². The van der Waals surface area contributed by atoms with E-state index in [2.05, 4.69) is 11.2 Å². The lowest BCUT2D eigenvalue weighted by Gasteiger charge is -2.35. The van der Waals surface area contributed by atoms with Gasteiger partial charge in [0.05, 0.1) is 17.0 Å². The van der Waals surface area contributed by atoms with Crippen molar-refractivity contribution in [1.29, 1.82) is 5.26 Å². The van der Waals surface area contributed by atoms with Crippen molar-refractivity contribution in [3.63, 3.8) is 0 Å². The second-order valence-corrected chi connectivity index (χ2v) is 9.54. The standard InChI is InChI=1S/C18H19N5O2S2/c1-10-21-23-14-12(20-16(23)27-10)5-6-22(17(24)25-18(2,3)4)15(14)13-7-11(8-19)9-26-13/h7,9,15H,5-6H2,1-4H3. The summed E-state index contributed by atoms with van der Waals surface area (Å²) < 4.78 is 7.49. The van der Waals surface area contributed by atoms with Gasteiger partial charge in [-0.1, -0.05) is 11.3 Å². The van der Waals surface area contributed by atoms with E-state index in [0.717, 1.165) is 26.2 Å². The fourth-order valence-electron chi connectivity index (χ4n) is 3.22. The second kappa shape index (κ2) is 6.32. The number of hydrogen-bond donors (Lipinski definition) is 0. The number of imidazole rings is 1. The summed E-state index contributed by atoms with van der Waals surface area (Å²) in [5.41, 5.74) is 1.84. The molecule has 7 nitrogen and oxygen atoms in total. The van der Waals surface area contributed by atoms with Gasteiger partial charge in [0, 0.05) is 23.2 Å². The van der Waals surface area contributed by atoms with Gasteiger partial charge in [-0.3, -0.25) is 4.90 Å². The van der Waals surface area contributed by atoms with Crippen LogP contribution in [0.25, 0.3) is 4.96 Å². The smallest absolute Gasteiger partial charge is 0.411 e. The number of carbonyl (C=O) groups is 1. The van der Waals surface area contributed by atoms with Crippen molar-refractivity contribution in [2.45, 2.75) is 45.8 Å². The number of ether oxygens (including phenoxy) is 1. The summed E-state index contributed by atoms with van der Waals surface area (Å²) in [5.74, 6) is 0. The molecule has 140 valence electrons. The van der Waals surface area contributed by atoms with Gasteiger partial charge < -0.3 is 4.74 Å². The van der Waals surface area contributed by atoms with Crippen LogP contribution >= 0.6 is 22.7 Å². The van der Waals surface area contributed by atoms with E-state index in [1.807, 2.05) is 38.3 Å². The third kappa shape index (κ3) is 3.19. The number of aromatic nitrogens is 3. The third-order valence-corrected chi connectivity index (χ3v) is 6.03. The lowest BCUT2D eigenvalue weighted by Crippen LogP contribution is -2.43. The molecule has 0 spiro atoms. The molecule has 0 aromatic carbocycles. The van der Waals surface area contributed by atoms with Crippen LogP contribution in [0.3, 0.4) is 0 Å². The maximum atomic E-state index is 12.9. The first-order valence-electron chi connectivity index (χ1n) is 8.60. The Kier molecular flexibility index (Phi) is 4.20. The molecular formula is C18H19N5O2S2. The number of rotatable bonds is 1. The Morgan fingerprint density at radius 1 is 1.44 bits per heavy atom. The van der Waals surface area contributed by atoms with E-state index in [0.29, 0.717) is 18.5 Å². The number of carbonyl (C=O) groups excluding carboxylic acids is 1. The van der Waals surface area contributed by atoms with Gasteiger partial charge in [-0.2, -0.15) is 10.4 Å². The fourth-order valence-corrected chi connectivity index (χ4v) is 4.94.